The topological polar surface area (TPSA) is 23.8 Å². The van der Waals surface area contributed by atoms with E-state index in [9.17, 15) is 0 Å². The predicted octanol–water partition coefficient (Wildman–Crippen LogP) is 3.24. The SMILES string of the molecule is C/C=C(/C)C[Si](c1ccccc1)c1ccccc1.C/C=C(/C)C[Si](c1ccccc1)c1ccccc1.[C-]#N.[Cu].[Li+].[Li]. The summed E-state index contributed by atoms with van der Waals surface area (Å²) in [6, 6.07) is 46.1. The molecular weight excluding hydrogens is 568 g/mol. The molecule has 204 valence electrons. The van der Waals surface area contributed by atoms with Crippen LogP contribution in [0.5, 0.6) is 0 Å². The second-order valence-corrected chi connectivity index (χ2v) is 14.0. The molecule has 0 amide bonds. The van der Waals surface area contributed by atoms with Gasteiger partial charge in [0.05, 0.1) is 0 Å². The fourth-order valence-corrected chi connectivity index (χ4v) is 9.45. The molecule has 0 unspecified atom stereocenters. The summed E-state index contributed by atoms with van der Waals surface area (Å²) in [5.74, 6) is 0. The van der Waals surface area contributed by atoms with Crippen molar-refractivity contribution in [1.29, 1.82) is 5.26 Å². The van der Waals surface area contributed by atoms with E-state index in [1.165, 1.54) is 44.0 Å². The summed E-state index contributed by atoms with van der Waals surface area (Å²) in [5.41, 5.74) is 2.97. The van der Waals surface area contributed by atoms with Gasteiger partial charge in [0.1, 0.15) is 17.6 Å². The molecule has 1 nitrogen and oxygen atoms in total. The Morgan fingerprint density at radius 1 is 0.537 bits per heavy atom. The first kappa shape index (κ1) is 41.1. The largest absolute Gasteiger partial charge is 1.00 e. The molecule has 0 heterocycles. The smallest absolute Gasteiger partial charge is 0.512 e. The van der Waals surface area contributed by atoms with Gasteiger partial charge < -0.3 is 11.8 Å². The van der Waals surface area contributed by atoms with E-state index in [0.717, 1.165) is 0 Å². The van der Waals surface area contributed by atoms with Gasteiger partial charge in [-0.1, -0.05) is 165 Å². The standard InChI is InChI=1S/2C17H19Si.CN.Cu.2Li/c2*1-3-15(2)14-18(16-10-6-4-7-11-16)17-12-8-5-9-13-17;1-2;;;/h2*3-13H,14H2,1-2H3;;;;/q;;-1;;;+1/b2*15-3-;;;;. The van der Waals surface area contributed by atoms with Gasteiger partial charge in [-0.3, -0.25) is 0 Å². The second kappa shape index (κ2) is 24.6. The number of hydrogen-bond donors (Lipinski definition) is 0. The molecule has 4 aromatic carbocycles. The third-order valence-corrected chi connectivity index (χ3v) is 12.3. The van der Waals surface area contributed by atoms with Gasteiger partial charge in [-0.25, -0.2) is 0 Å². The van der Waals surface area contributed by atoms with Crippen molar-refractivity contribution in [1.82, 2.24) is 0 Å². The molecule has 0 aliphatic rings. The number of benzene rings is 4. The zero-order valence-electron chi connectivity index (χ0n) is 25.4. The van der Waals surface area contributed by atoms with E-state index in [1.807, 2.05) is 0 Å². The Morgan fingerprint density at radius 3 is 0.902 bits per heavy atom. The molecule has 0 N–H and O–H groups in total. The van der Waals surface area contributed by atoms with Crippen LogP contribution in [0.3, 0.4) is 0 Å². The minimum atomic E-state index is -0.679. The van der Waals surface area contributed by atoms with Crippen LogP contribution in [0, 0.1) is 11.8 Å². The maximum absolute atomic E-state index is 6.25. The first-order chi connectivity index (χ1) is 18.6. The van der Waals surface area contributed by atoms with Crippen molar-refractivity contribution >= 4 is 57.2 Å². The van der Waals surface area contributed by atoms with Crippen molar-refractivity contribution < 1.29 is 35.9 Å². The Labute approximate surface area is 287 Å². The van der Waals surface area contributed by atoms with E-state index in [4.69, 9.17) is 11.8 Å². The molecular formula is C35H38CuLi2NSi2. The van der Waals surface area contributed by atoms with Gasteiger partial charge in [0, 0.05) is 35.9 Å². The van der Waals surface area contributed by atoms with Crippen LogP contribution in [0.4, 0.5) is 0 Å². The third kappa shape index (κ3) is 14.6. The molecule has 0 aromatic heterocycles. The van der Waals surface area contributed by atoms with E-state index in [0.29, 0.717) is 0 Å². The van der Waals surface area contributed by atoms with Crippen LogP contribution in [0.25, 0.3) is 0 Å². The van der Waals surface area contributed by atoms with Crippen molar-refractivity contribution in [2.45, 2.75) is 39.8 Å². The molecule has 4 rings (SSSR count). The zero-order valence-corrected chi connectivity index (χ0v) is 28.3. The van der Waals surface area contributed by atoms with Crippen LogP contribution in [-0.2, 0) is 17.1 Å². The van der Waals surface area contributed by atoms with E-state index < -0.39 is 17.6 Å². The normalized spacial score (nSPS) is 10.4. The Bertz CT molecular complexity index is 1090. The second-order valence-electron chi connectivity index (χ2n) is 9.04. The maximum Gasteiger partial charge on any atom is 1.00 e. The summed E-state index contributed by atoms with van der Waals surface area (Å²) in [7, 11) is -1.36. The molecule has 0 aliphatic heterocycles. The Morgan fingerprint density at radius 2 is 0.732 bits per heavy atom. The molecule has 0 bridgehead atoms. The van der Waals surface area contributed by atoms with Gasteiger partial charge in [0.2, 0.25) is 0 Å². The van der Waals surface area contributed by atoms with Crippen LogP contribution in [0.1, 0.15) is 27.7 Å². The molecule has 41 heavy (non-hydrogen) atoms. The average Bonchev–Trinajstić information content (AvgIpc) is 3.01. The molecule has 4 aromatic rings. The quantitative estimate of drug-likeness (QED) is 0.172. The molecule has 0 atom stereocenters. The van der Waals surface area contributed by atoms with Crippen LogP contribution in [0.15, 0.2) is 145 Å². The van der Waals surface area contributed by atoms with Crippen LogP contribution >= 0.6 is 0 Å². The number of allylic oxidation sites excluding steroid dienone is 4. The van der Waals surface area contributed by atoms with Gasteiger partial charge in [-0.2, -0.15) is 0 Å². The Balaban J connectivity index is 0. The number of nitrogens with zero attached hydrogens (tertiary/aromatic N) is 1. The summed E-state index contributed by atoms with van der Waals surface area (Å²) in [4.78, 5) is 0. The van der Waals surface area contributed by atoms with E-state index in [-0.39, 0.29) is 54.8 Å². The van der Waals surface area contributed by atoms with Gasteiger partial charge >= 0.3 is 18.9 Å². The summed E-state index contributed by atoms with van der Waals surface area (Å²) in [5, 5.41) is 12.2. The average molecular weight is 606 g/mol. The first-order valence-corrected chi connectivity index (χ1v) is 16.4. The van der Waals surface area contributed by atoms with Crippen molar-refractivity contribution in [3.8, 4) is 0 Å². The molecule has 0 saturated carbocycles. The third-order valence-electron chi connectivity index (χ3n) is 6.39. The monoisotopic (exact) mass is 605 g/mol. The van der Waals surface area contributed by atoms with Crippen molar-refractivity contribution in [2.24, 2.45) is 0 Å². The van der Waals surface area contributed by atoms with Gasteiger partial charge in [0.15, 0.2) is 0 Å². The van der Waals surface area contributed by atoms with Crippen LogP contribution < -0.4 is 39.6 Å². The minimum absolute atomic E-state index is 0. The first-order valence-electron chi connectivity index (χ1n) is 13.0. The van der Waals surface area contributed by atoms with Gasteiger partial charge in [0.25, 0.3) is 0 Å². The Kier molecular flexibility index (Phi) is 24.7. The molecule has 0 saturated heterocycles. The minimum Gasteiger partial charge on any atom is -0.512 e. The van der Waals surface area contributed by atoms with Gasteiger partial charge in [-0.05, 0) is 39.8 Å². The Hall–Kier alpha value is -2.00. The van der Waals surface area contributed by atoms with E-state index in [1.54, 1.807) is 0 Å². The van der Waals surface area contributed by atoms with Crippen molar-refractivity contribution in [2.75, 3.05) is 0 Å². The molecule has 6 heteroatoms. The van der Waals surface area contributed by atoms with E-state index >= 15 is 0 Å². The summed E-state index contributed by atoms with van der Waals surface area (Å²) in [6.45, 7) is 13.5. The molecule has 4 radical (unpaired) electrons. The summed E-state index contributed by atoms with van der Waals surface area (Å²) >= 11 is 0. The molecule has 0 fully saturated rings. The van der Waals surface area contributed by atoms with Crippen molar-refractivity contribution in [3.05, 3.63) is 151 Å². The van der Waals surface area contributed by atoms with Crippen molar-refractivity contribution in [3.63, 3.8) is 0 Å². The van der Waals surface area contributed by atoms with E-state index in [2.05, 4.69) is 161 Å². The van der Waals surface area contributed by atoms with Crippen LogP contribution in [0.2, 0.25) is 12.1 Å². The molecule has 0 aliphatic carbocycles. The summed E-state index contributed by atoms with van der Waals surface area (Å²) < 4.78 is 0. The maximum atomic E-state index is 6.25. The fraction of sp³-hybridized carbons (Fsp3) is 0.171. The zero-order chi connectivity index (χ0) is 27.6. The predicted molar refractivity (Wildman–Crippen MR) is 175 cm³/mol. The van der Waals surface area contributed by atoms with Gasteiger partial charge in [-0.15, -0.1) is 0 Å². The number of rotatable bonds is 8. The van der Waals surface area contributed by atoms with Crippen LogP contribution in [-0.4, -0.2) is 36.5 Å². The molecule has 0 spiro atoms. The fourth-order valence-electron chi connectivity index (χ4n) is 4.06. The number of hydrogen-bond acceptors (Lipinski definition) is 1. The summed E-state index contributed by atoms with van der Waals surface area (Å²) in [6.07, 6.45) is 4.47.